The molecule has 7 nitrogen and oxygen atoms in total. The van der Waals surface area contributed by atoms with Crippen molar-refractivity contribution in [2.75, 3.05) is 19.8 Å². The van der Waals surface area contributed by atoms with E-state index in [0.717, 1.165) is 30.6 Å². The van der Waals surface area contributed by atoms with E-state index in [-0.39, 0.29) is 19.8 Å². The van der Waals surface area contributed by atoms with Crippen molar-refractivity contribution in [1.82, 2.24) is 0 Å². The summed E-state index contributed by atoms with van der Waals surface area (Å²) >= 11 is 0. The Morgan fingerprint density at radius 2 is 1.53 bits per heavy atom. The molecule has 32 heavy (non-hydrogen) atoms. The van der Waals surface area contributed by atoms with Crippen LogP contribution in [0.25, 0.3) is 0 Å². The number of aryl methyl sites for hydroxylation is 1. The molecule has 0 aliphatic rings. The number of para-hydroxylation sites is 1. The maximum Gasteiger partial charge on any atom is 0.333 e. The van der Waals surface area contributed by atoms with Gasteiger partial charge in [0.15, 0.2) is 6.61 Å². The van der Waals surface area contributed by atoms with E-state index in [9.17, 15) is 9.59 Å². The van der Waals surface area contributed by atoms with Crippen LogP contribution in [0.15, 0.2) is 49.6 Å². The quantitative estimate of drug-likeness (QED) is 0.169. The lowest BCUT2D eigenvalue weighted by molar-refractivity contribution is -0.170. The molecular formula is C25H38O7. The molecule has 0 saturated carbocycles. The third-order valence-corrected chi connectivity index (χ3v) is 4.32. The number of aliphatic hydroxyl groups excluding tert-OH is 2. The highest BCUT2D eigenvalue weighted by Gasteiger charge is 2.18. The minimum absolute atomic E-state index is 0.125. The number of ether oxygens (including phenoxy) is 3. The summed E-state index contributed by atoms with van der Waals surface area (Å²) in [5.41, 5.74) is 1.03. The predicted molar refractivity (Wildman–Crippen MR) is 124 cm³/mol. The second-order valence-corrected chi connectivity index (χ2v) is 6.95. The fourth-order valence-corrected chi connectivity index (χ4v) is 2.72. The Hall–Kier alpha value is -2.64. The van der Waals surface area contributed by atoms with Crippen LogP contribution in [0.5, 0.6) is 5.75 Å². The standard InChI is InChI=1S/C23H32O5.C2H6O2/c1-4-7-8-9-10-11-12-15-19-16-13-14-17-20(19)27-23(28-22(25)6-3)18-26-21(24)5-2;3-1-2-4/h5-6,13-14,16-17,23H,2-4,7-12,15,18H2,1H3;3-4H,1-2H2. The summed E-state index contributed by atoms with van der Waals surface area (Å²) in [6.45, 7) is 8.45. The molecule has 0 radical (unpaired) electrons. The second kappa shape index (κ2) is 20.3. The Bertz CT molecular complexity index is 655. The Morgan fingerprint density at radius 3 is 2.12 bits per heavy atom. The van der Waals surface area contributed by atoms with E-state index in [4.69, 9.17) is 24.4 Å². The van der Waals surface area contributed by atoms with Crippen molar-refractivity contribution in [1.29, 1.82) is 0 Å². The van der Waals surface area contributed by atoms with Crippen molar-refractivity contribution >= 4 is 11.9 Å². The zero-order chi connectivity index (χ0) is 24.0. The van der Waals surface area contributed by atoms with Gasteiger partial charge in [0, 0.05) is 12.2 Å². The number of unbranched alkanes of at least 4 members (excludes halogenated alkanes) is 6. The highest BCUT2D eigenvalue weighted by atomic mass is 16.7. The number of aliphatic hydroxyl groups is 2. The number of esters is 2. The fraction of sp³-hybridized carbons (Fsp3) is 0.520. The van der Waals surface area contributed by atoms with Gasteiger partial charge in [0.25, 0.3) is 6.29 Å². The van der Waals surface area contributed by atoms with E-state index in [1.165, 1.54) is 38.5 Å². The maximum absolute atomic E-state index is 11.5. The average molecular weight is 451 g/mol. The largest absolute Gasteiger partial charge is 0.455 e. The van der Waals surface area contributed by atoms with Gasteiger partial charge in [0.05, 0.1) is 13.2 Å². The van der Waals surface area contributed by atoms with Gasteiger partial charge >= 0.3 is 11.9 Å². The molecule has 180 valence electrons. The van der Waals surface area contributed by atoms with E-state index in [1.54, 1.807) is 0 Å². The molecule has 0 saturated heterocycles. The summed E-state index contributed by atoms with van der Waals surface area (Å²) < 4.78 is 15.9. The molecule has 0 heterocycles. The summed E-state index contributed by atoms with van der Waals surface area (Å²) in [4.78, 5) is 22.9. The second-order valence-electron chi connectivity index (χ2n) is 6.95. The molecule has 1 aromatic rings. The van der Waals surface area contributed by atoms with Crippen LogP contribution in [-0.4, -0.2) is 48.3 Å². The SMILES string of the molecule is C=CC(=O)OCC(OC(=O)C=C)Oc1ccccc1CCCCCCCCC.OCCO. The number of benzene rings is 1. The van der Waals surface area contributed by atoms with Crippen molar-refractivity contribution in [3.8, 4) is 5.75 Å². The fourth-order valence-electron chi connectivity index (χ4n) is 2.72. The molecule has 0 aromatic heterocycles. The zero-order valence-corrected chi connectivity index (χ0v) is 19.2. The van der Waals surface area contributed by atoms with Crippen LogP contribution in [0.4, 0.5) is 0 Å². The smallest absolute Gasteiger partial charge is 0.333 e. The number of rotatable bonds is 16. The first-order chi connectivity index (χ1) is 15.5. The van der Waals surface area contributed by atoms with Crippen molar-refractivity contribution in [2.45, 2.75) is 64.6 Å². The first-order valence-electron chi connectivity index (χ1n) is 11.1. The molecule has 1 aromatic carbocycles. The minimum atomic E-state index is -1.05. The molecule has 7 heteroatoms. The summed E-state index contributed by atoms with van der Waals surface area (Å²) in [6.07, 6.45) is 10.5. The van der Waals surface area contributed by atoms with Crippen molar-refractivity contribution in [2.24, 2.45) is 0 Å². The van der Waals surface area contributed by atoms with Gasteiger partial charge in [-0.25, -0.2) is 9.59 Å². The molecule has 2 N–H and O–H groups in total. The lowest BCUT2D eigenvalue weighted by atomic mass is 10.0. The molecule has 1 atom stereocenters. The van der Waals surface area contributed by atoms with Gasteiger partial charge in [-0.1, -0.05) is 76.8 Å². The monoisotopic (exact) mass is 450 g/mol. The van der Waals surface area contributed by atoms with Crippen molar-refractivity contribution in [3.63, 3.8) is 0 Å². The Kier molecular flexibility index (Phi) is 18.6. The lowest BCUT2D eigenvalue weighted by Crippen LogP contribution is -2.30. The van der Waals surface area contributed by atoms with E-state index < -0.39 is 18.2 Å². The maximum atomic E-state index is 11.5. The van der Waals surface area contributed by atoms with Gasteiger partial charge in [-0.3, -0.25) is 0 Å². The molecule has 0 fully saturated rings. The van der Waals surface area contributed by atoms with Gasteiger partial charge in [-0.05, 0) is 24.5 Å². The molecule has 0 spiro atoms. The summed E-state index contributed by atoms with van der Waals surface area (Å²) in [5, 5.41) is 15.2. The third-order valence-electron chi connectivity index (χ3n) is 4.32. The van der Waals surface area contributed by atoms with Crippen LogP contribution in [0.2, 0.25) is 0 Å². The Balaban J connectivity index is 0.00000220. The van der Waals surface area contributed by atoms with E-state index in [0.29, 0.717) is 5.75 Å². The van der Waals surface area contributed by atoms with Crippen LogP contribution < -0.4 is 4.74 Å². The Morgan fingerprint density at radius 1 is 0.938 bits per heavy atom. The minimum Gasteiger partial charge on any atom is -0.455 e. The number of carbonyl (C=O) groups is 2. The third kappa shape index (κ3) is 15.2. The normalized spacial score (nSPS) is 10.8. The summed E-state index contributed by atoms with van der Waals surface area (Å²) in [6, 6.07) is 7.62. The predicted octanol–water partition coefficient (Wildman–Crippen LogP) is 4.11. The van der Waals surface area contributed by atoms with E-state index in [1.807, 2.05) is 24.3 Å². The molecule has 0 bridgehead atoms. The van der Waals surface area contributed by atoms with Crippen LogP contribution in [0.3, 0.4) is 0 Å². The molecule has 0 amide bonds. The molecular weight excluding hydrogens is 412 g/mol. The molecule has 1 rings (SSSR count). The first kappa shape index (κ1) is 29.4. The molecule has 1 unspecified atom stereocenters. The number of hydrogen-bond donors (Lipinski definition) is 2. The van der Waals surface area contributed by atoms with Gasteiger partial charge < -0.3 is 24.4 Å². The highest BCUT2D eigenvalue weighted by Crippen LogP contribution is 2.22. The number of carbonyl (C=O) groups excluding carboxylic acids is 2. The average Bonchev–Trinajstić information content (AvgIpc) is 2.82. The van der Waals surface area contributed by atoms with Gasteiger partial charge in [-0.2, -0.15) is 0 Å². The first-order valence-corrected chi connectivity index (χ1v) is 11.1. The van der Waals surface area contributed by atoms with Crippen LogP contribution in [0, 0.1) is 0 Å². The van der Waals surface area contributed by atoms with Crippen LogP contribution >= 0.6 is 0 Å². The summed E-state index contributed by atoms with van der Waals surface area (Å²) in [5.74, 6) is -0.645. The zero-order valence-electron chi connectivity index (χ0n) is 19.2. The van der Waals surface area contributed by atoms with Crippen LogP contribution in [-0.2, 0) is 25.5 Å². The Labute approximate surface area is 191 Å². The lowest BCUT2D eigenvalue weighted by Gasteiger charge is -2.20. The van der Waals surface area contributed by atoms with Crippen molar-refractivity contribution in [3.05, 3.63) is 55.1 Å². The summed E-state index contributed by atoms with van der Waals surface area (Å²) in [7, 11) is 0. The highest BCUT2D eigenvalue weighted by molar-refractivity contribution is 5.82. The van der Waals surface area contributed by atoms with Gasteiger partial charge in [-0.15, -0.1) is 0 Å². The van der Waals surface area contributed by atoms with Gasteiger partial charge in [0.1, 0.15) is 5.75 Å². The topological polar surface area (TPSA) is 102 Å². The van der Waals surface area contributed by atoms with E-state index in [2.05, 4.69) is 20.1 Å². The van der Waals surface area contributed by atoms with E-state index >= 15 is 0 Å². The number of hydrogen-bond acceptors (Lipinski definition) is 7. The molecule has 0 aliphatic carbocycles. The van der Waals surface area contributed by atoms with Crippen LogP contribution in [0.1, 0.15) is 57.4 Å². The van der Waals surface area contributed by atoms with Gasteiger partial charge in [0.2, 0.25) is 0 Å². The molecule has 0 aliphatic heterocycles. The van der Waals surface area contributed by atoms with Crippen molar-refractivity contribution < 1.29 is 34.0 Å².